The first-order valence-electron chi connectivity index (χ1n) is 5.89. The van der Waals surface area contributed by atoms with Crippen LogP contribution in [0.1, 0.15) is 26.7 Å². The molecule has 0 radical (unpaired) electrons. The van der Waals surface area contributed by atoms with E-state index < -0.39 is 34.4 Å². The first-order chi connectivity index (χ1) is 9.31. The van der Waals surface area contributed by atoms with Crippen molar-refractivity contribution in [1.82, 2.24) is 0 Å². The number of halogens is 2. The molecule has 0 rings (SSSR count). The van der Waals surface area contributed by atoms with Crippen molar-refractivity contribution in [2.75, 3.05) is 0 Å². The van der Waals surface area contributed by atoms with E-state index in [1.54, 1.807) is 13.8 Å². The van der Waals surface area contributed by atoms with E-state index in [0.29, 0.717) is 0 Å². The molecule has 0 fully saturated rings. The second-order valence-corrected chi connectivity index (χ2v) is 5.15. The lowest BCUT2D eigenvalue weighted by atomic mass is 10.0. The molecule has 0 aromatic carbocycles. The average molecular weight is 317 g/mol. The van der Waals surface area contributed by atoms with Gasteiger partial charge in [-0.2, -0.15) is 20.8 Å². The number of nitrogens with zero attached hydrogens (tertiary/aromatic N) is 4. The van der Waals surface area contributed by atoms with E-state index in [-0.39, 0.29) is 12.8 Å². The molecular formula is C12H14Cl2N4O2. The molecule has 0 aliphatic carbocycles. The van der Waals surface area contributed by atoms with Crippen molar-refractivity contribution in [3.05, 3.63) is 0 Å². The summed E-state index contributed by atoms with van der Waals surface area (Å²) < 4.78 is 0. The number of rotatable bonds is 8. The molecule has 6 nitrogen and oxygen atoms in total. The zero-order valence-corrected chi connectivity index (χ0v) is 12.6. The van der Waals surface area contributed by atoms with Crippen molar-refractivity contribution < 1.29 is 9.59 Å². The monoisotopic (exact) mass is 316 g/mol. The predicted octanol–water partition coefficient (Wildman–Crippen LogP) is 2.81. The van der Waals surface area contributed by atoms with E-state index in [4.69, 9.17) is 33.7 Å². The number of carbonyl (C=O) groups excluding carboxylic acids is 2. The molecule has 4 atom stereocenters. The van der Waals surface area contributed by atoms with E-state index in [1.807, 2.05) is 12.1 Å². The van der Waals surface area contributed by atoms with Crippen molar-refractivity contribution in [3.63, 3.8) is 0 Å². The molecule has 0 bridgehead atoms. The van der Waals surface area contributed by atoms with Crippen LogP contribution in [-0.4, -0.2) is 22.6 Å². The quantitative estimate of drug-likeness (QED) is 0.506. The van der Waals surface area contributed by atoms with Gasteiger partial charge in [-0.3, -0.25) is 9.59 Å². The maximum Gasteiger partial charge on any atom is 0.248 e. The fourth-order valence-corrected chi connectivity index (χ4v) is 1.57. The van der Waals surface area contributed by atoms with Crippen LogP contribution in [0, 0.1) is 34.5 Å². The predicted molar refractivity (Wildman–Crippen MR) is 72.9 cm³/mol. The van der Waals surface area contributed by atoms with Gasteiger partial charge in [0.2, 0.25) is 10.5 Å². The molecule has 0 aromatic heterocycles. The Balaban J connectivity index is 4.88. The minimum absolute atomic E-state index is 0.110. The van der Waals surface area contributed by atoms with Crippen LogP contribution in [-0.2, 0) is 9.59 Å². The SMILES string of the molecule is CC(C#N)CC(N=NC(CC(C)C#N)C(=O)Cl)C(=O)Cl. The van der Waals surface area contributed by atoms with Gasteiger partial charge in [0.15, 0.2) is 0 Å². The zero-order valence-electron chi connectivity index (χ0n) is 11.1. The third-order valence-corrected chi connectivity index (χ3v) is 2.97. The van der Waals surface area contributed by atoms with Gasteiger partial charge in [-0.1, -0.05) is 0 Å². The van der Waals surface area contributed by atoms with Gasteiger partial charge >= 0.3 is 0 Å². The van der Waals surface area contributed by atoms with E-state index in [1.165, 1.54) is 0 Å². The van der Waals surface area contributed by atoms with Gasteiger partial charge in [0, 0.05) is 11.8 Å². The Morgan fingerprint density at radius 1 is 0.950 bits per heavy atom. The van der Waals surface area contributed by atoms with Crippen LogP contribution < -0.4 is 0 Å². The standard InChI is InChI=1S/C12H14Cl2N4O2/c1-7(5-15)3-9(11(13)19)17-18-10(12(14)20)4-8(2)6-16/h7-10H,3-4H2,1-2H3. The lowest BCUT2D eigenvalue weighted by molar-refractivity contribution is -0.114. The summed E-state index contributed by atoms with van der Waals surface area (Å²) in [5.74, 6) is -0.852. The Morgan fingerprint density at radius 2 is 1.25 bits per heavy atom. The number of nitriles is 2. The maximum atomic E-state index is 11.2. The van der Waals surface area contributed by atoms with Crippen molar-refractivity contribution in [2.24, 2.45) is 22.1 Å². The summed E-state index contributed by atoms with van der Waals surface area (Å²) in [6.45, 7) is 3.23. The van der Waals surface area contributed by atoms with Crippen LogP contribution in [0.5, 0.6) is 0 Å². The molecule has 0 aliphatic rings. The summed E-state index contributed by atoms with van der Waals surface area (Å²) in [6.07, 6.45) is 0.221. The molecule has 108 valence electrons. The third-order valence-electron chi connectivity index (χ3n) is 2.46. The van der Waals surface area contributed by atoms with Crippen LogP contribution in [0.25, 0.3) is 0 Å². The first-order valence-corrected chi connectivity index (χ1v) is 6.65. The minimum atomic E-state index is -0.998. The maximum absolute atomic E-state index is 11.2. The second-order valence-electron chi connectivity index (χ2n) is 4.40. The van der Waals surface area contributed by atoms with Gasteiger partial charge in [-0.25, -0.2) is 0 Å². The molecule has 0 aromatic rings. The summed E-state index contributed by atoms with van der Waals surface area (Å²) >= 11 is 10.7. The Kier molecular flexibility index (Phi) is 8.71. The van der Waals surface area contributed by atoms with E-state index in [2.05, 4.69) is 10.2 Å². The van der Waals surface area contributed by atoms with Gasteiger partial charge in [0.05, 0.1) is 12.1 Å². The largest absolute Gasteiger partial charge is 0.279 e. The molecule has 20 heavy (non-hydrogen) atoms. The topological polar surface area (TPSA) is 106 Å². The van der Waals surface area contributed by atoms with Crippen LogP contribution in [0.4, 0.5) is 0 Å². The van der Waals surface area contributed by atoms with E-state index >= 15 is 0 Å². The van der Waals surface area contributed by atoms with Gasteiger partial charge < -0.3 is 0 Å². The smallest absolute Gasteiger partial charge is 0.248 e. The van der Waals surface area contributed by atoms with Gasteiger partial charge in [-0.15, -0.1) is 0 Å². The van der Waals surface area contributed by atoms with Crippen LogP contribution >= 0.6 is 23.2 Å². The molecule has 0 N–H and O–H groups in total. The molecule has 8 heteroatoms. The number of carbonyl (C=O) groups is 2. The van der Waals surface area contributed by atoms with E-state index in [0.717, 1.165) is 0 Å². The number of azo groups is 1. The fourth-order valence-electron chi connectivity index (χ4n) is 1.31. The third kappa shape index (κ3) is 7.18. The average Bonchev–Trinajstić information content (AvgIpc) is 2.40. The van der Waals surface area contributed by atoms with Crippen molar-refractivity contribution in [2.45, 2.75) is 38.8 Å². The molecule has 0 saturated heterocycles. The van der Waals surface area contributed by atoms with Crippen molar-refractivity contribution in [1.29, 1.82) is 10.5 Å². The first kappa shape index (κ1) is 18.5. The van der Waals surface area contributed by atoms with Crippen molar-refractivity contribution >= 4 is 33.7 Å². The molecule has 0 spiro atoms. The lowest BCUT2D eigenvalue weighted by Crippen LogP contribution is -2.20. The Bertz CT molecular complexity index is 425. The normalized spacial score (nSPS) is 16.7. The van der Waals surface area contributed by atoms with E-state index in [9.17, 15) is 9.59 Å². The summed E-state index contributed by atoms with van der Waals surface area (Å²) in [5.41, 5.74) is 0. The molecule has 0 heterocycles. The summed E-state index contributed by atoms with van der Waals surface area (Å²) in [5, 5.41) is 23.3. The highest BCUT2D eigenvalue weighted by Crippen LogP contribution is 2.16. The van der Waals surface area contributed by atoms with Crippen LogP contribution in [0.3, 0.4) is 0 Å². The molecule has 4 unspecified atom stereocenters. The zero-order chi connectivity index (χ0) is 15.7. The van der Waals surface area contributed by atoms with Gasteiger partial charge in [-0.05, 0) is 49.9 Å². The summed E-state index contributed by atoms with van der Waals surface area (Å²) in [7, 11) is 0. The fraction of sp³-hybridized carbons (Fsp3) is 0.667. The highest BCUT2D eigenvalue weighted by Gasteiger charge is 2.22. The van der Waals surface area contributed by atoms with Crippen LogP contribution in [0.2, 0.25) is 0 Å². The Morgan fingerprint density at radius 3 is 1.45 bits per heavy atom. The number of hydrogen-bond donors (Lipinski definition) is 0. The molecule has 0 saturated carbocycles. The molecule has 0 aliphatic heterocycles. The number of hydrogen-bond acceptors (Lipinski definition) is 6. The minimum Gasteiger partial charge on any atom is -0.279 e. The van der Waals surface area contributed by atoms with Gasteiger partial charge in [0.25, 0.3) is 0 Å². The summed E-state index contributed by atoms with van der Waals surface area (Å²) in [4.78, 5) is 22.4. The lowest BCUT2D eigenvalue weighted by Gasteiger charge is -2.10. The van der Waals surface area contributed by atoms with Crippen molar-refractivity contribution in [3.8, 4) is 12.1 Å². The molecule has 0 amide bonds. The highest BCUT2D eigenvalue weighted by atomic mass is 35.5. The summed E-state index contributed by atoms with van der Waals surface area (Å²) in [6, 6.07) is 1.91. The van der Waals surface area contributed by atoms with Gasteiger partial charge in [0.1, 0.15) is 12.1 Å². The second kappa shape index (κ2) is 9.41. The Hall–Kier alpha value is -1.50. The molecular weight excluding hydrogens is 303 g/mol. The Labute approximate surface area is 127 Å². The highest BCUT2D eigenvalue weighted by molar-refractivity contribution is 6.65. The van der Waals surface area contributed by atoms with Crippen LogP contribution in [0.15, 0.2) is 10.2 Å².